The molecule has 0 aliphatic heterocycles. The van der Waals surface area contributed by atoms with Gasteiger partial charge in [0.15, 0.2) is 0 Å². The highest BCUT2D eigenvalue weighted by atomic mass is 35.5. The zero-order valence-electron chi connectivity index (χ0n) is 10.7. The zero-order chi connectivity index (χ0) is 13.6. The highest BCUT2D eigenvalue weighted by molar-refractivity contribution is 7.89. The fraction of sp³-hybridized carbons (Fsp3) is 0.500. The van der Waals surface area contributed by atoms with Gasteiger partial charge in [0.25, 0.3) is 0 Å². The van der Waals surface area contributed by atoms with Crippen molar-refractivity contribution in [2.45, 2.75) is 13.0 Å². The quantitative estimate of drug-likeness (QED) is 0.778. The van der Waals surface area contributed by atoms with Crippen LogP contribution in [0.1, 0.15) is 12.0 Å². The molecule has 0 unspecified atom stereocenters. The Morgan fingerprint density at radius 1 is 1.33 bits per heavy atom. The summed E-state index contributed by atoms with van der Waals surface area (Å²) in [5, 5.41) is 3.53. The third kappa shape index (κ3) is 4.57. The lowest BCUT2D eigenvalue weighted by molar-refractivity contribution is 0.465. The van der Waals surface area contributed by atoms with Crippen molar-refractivity contribution < 1.29 is 8.42 Å². The number of hydrogen-bond donors (Lipinski definition) is 1. The van der Waals surface area contributed by atoms with Gasteiger partial charge in [-0.1, -0.05) is 29.8 Å². The van der Waals surface area contributed by atoms with Gasteiger partial charge < -0.3 is 5.32 Å². The molecule has 0 atom stereocenters. The monoisotopic (exact) mass is 290 g/mol. The number of halogens is 1. The Morgan fingerprint density at radius 3 is 2.61 bits per heavy atom. The normalized spacial score (nSPS) is 12.0. The molecule has 0 aliphatic rings. The highest BCUT2D eigenvalue weighted by Gasteiger charge is 2.18. The summed E-state index contributed by atoms with van der Waals surface area (Å²) in [4.78, 5) is 0. The van der Waals surface area contributed by atoms with Crippen LogP contribution >= 0.6 is 11.6 Å². The molecule has 0 fully saturated rings. The molecule has 0 saturated carbocycles. The summed E-state index contributed by atoms with van der Waals surface area (Å²) in [5.41, 5.74) is 0.818. The Morgan fingerprint density at radius 2 is 2.00 bits per heavy atom. The lowest BCUT2D eigenvalue weighted by Gasteiger charge is -2.17. The van der Waals surface area contributed by atoms with E-state index in [0.29, 0.717) is 24.5 Å². The topological polar surface area (TPSA) is 49.4 Å². The van der Waals surface area contributed by atoms with Crippen LogP contribution in [0.5, 0.6) is 0 Å². The number of rotatable bonds is 7. The predicted octanol–water partition coefficient (Wildman–Crippen LogP) is 1.71. The van der Waals surface area contributed by atoms with E-state index >= 15 is 0 Å². The van der Waals surface area contributed by atoms with E-state index in [4.69, 9.17) is 11.6 Å². The van der Waals surface area contributed by atoms with E-state index in [-0.39, 0.29) is 5.75 Å². The molecule has 0 bridgehead atoms. The molecule has 0 radical (unpaired) electrons. The van der Waals surface area contributed by atoms with Crippen molar-refractivity contribution in [3.63, 3.8) is 0 Å². The summed E-state index contributed by atoms with van der Waals surface area (Å²) in [7, 11) is 0.174. The van der Waals surface area contributed by atoms with Crippen molar-refractivity contribution in [2.24, 2.45) is 0 Å². The van der Waals surface area contributed by atoms with Gasteiger partial charge in [0.05, 0.1) is 5.75 Å². The van der Waals surface area contributed by atoms with E-state index in [0.717, 1.165) is 5.56 Å². The second-order valence-corrected chi connectivity index (χ2v) is 6.72. The molecule has 0 heterocycles. The smallest absolute Gasteiger partial charge is 0.214 e. The second-order valence-electron chi connectivity index (χ2n) is 4.12. The van der Waals surface area contributed by atoms with Crippen LogP contribution in [0, 0.1) is 0 Å². The maximum absolute atomic E-state index is 12.0. The SMILES string of the molecule is CNCCCS(=O)(=O)N(C)Cc1ccccc1Cl. The molecule has 0 spiro atoms. The molecule has 0 aliphatic carbocycles. The number of nitrogens with zero attached hydrogens (tertiary/aromatic N) is 1. The summed E-state index contributed by atoms with van der Waals surface area (Å²) in [6, 6.07) is 7.27. The van der Waals surface area contributed by atoms with Gasteiger partial charge in [-0.15, -0.1) is 0 Å². The van der Waals surface area contributed by atoms with Crippen molar-refractivity contribution in [1.29, 1.82) is 0 Å². The van der Waals surface area contributed by atoms with Gasteiger partial charge in [0, 0.05) is 18.6 Å². The molecule has 0 saturated heterocycles. The van der Waals surface area contributed by atoms with Crippen molar-refractivity contribution in [3.05, 3.63) is 34.9 Å². The van der Waals surface area contributed by atoms with E-state index in [9.17, 15) is 8.42 Å². The molecule has 4 nitrogen and oxygen atoms in total. The van der Waals surface area contributed by atoms with Crippen LogP contribution in [0.4, 0.5) is 0 Å². The Labute approximate surface area is 114 Å². The summed E-state index contributed by atoms with van der Waals surface area (Å²) in [6.45, 7) is 1.00. The van der Waals surface area contributed by atoms with Gasteiger partial charge in [-0.25, -0.2) is 12.7 Å². The Balaban J connectivity index is 2.64. The first-order valence-electron chi connectivity index (χ1n) is 5.79. The van der Waals surface area contributed by atoms with E-state index in [1.54, 1.807) is 20.2 Å². The van der Waals surface area contributed by atoms with Crippen LogP contribution in [0.2, 0.25) is 5.02 Å². The van der Waals surface area contributed by atoms with Gasteiger partial charge in [0.1, 0.15) is 0 Å². The Bertz CT molecular complexity index is 477. The largest absolute Gasteiger partial charge is 0.320 e. The second kappa shape index (κ2) is 7.09. The minimum atomic E-state index is -3.21. The van der Waals surface area contributed by atoms with Crippen molar-refractivity contribution in [2.75, 3.05) is 26.4 Å². The van der Waals surface area contributed by atoms with Gasteiger partial charge in [-0.05, 0) is 31.6 Å². The summed E-state index contributed by atoms with van der Waals surface area (Å²) in [5.74, 6) is 0.148. The minimum absolute atomic E-state index is 0.148. The van der Waals surface area contributed by atoms with E-state index in [1.807, 2.05) is 18.2 Å². The van der Waals surface area contributed by atoms with E-state index in [2.05, 4.69) is 5.32 Å². The molecule has 18 heavy (non-hydrogen) atoms. The molecule has 1 aromatic rings. The average Bonchev–Trinajstić information content (AvgIpc) is 2.32. The first-order valence-corrected chi connectivity index (χ1v) is 7.78. The molecular formula is C12H19ClN2O2S. The standard InChI is InChI=1S/C12H19ClN2O2S/c1-14-8-5-9-18(16,17)15(2)10-11-6-3-4-7-12(11)13/h3-4,6-7,14H,5,8-10H2,1-2H3. The van der Waals surface area contributed by atoms with Crippen LogP contribution in [-0.4, -0.2) is 39.1 Å². The van der Waals surface area contributed by atoms with Gasteiger partial charge in [-0.2, -0.15) is 0 Å². The molecule has 1 N–H and O–H groups in total. The maximum atomic E-state index is 12.0. The van der Waals surface area contributed by atoms with Crippen LogP contribution in [0.3, 0.4) is 0 Å². The van der Waals surface area contributed by atoms with Crippen LogP contribution in [0.25, 0.3) is 0 Å². The van der Waals surface area contributed by atoms with Crippen molar-refractivity contribution in [3.8, 4) is 0 Å². The molecule has 0 aromatic heterocycles. The fourth-order valence-electron chi connectivity index (χ4n) is 1.55. The molecule has 6 heteroatoms. The molecular weight excluding hydrogens is 272 g/mol. The van der Waals surface area contributed by atoms with Gasteiger partial charge in [-0.3, -0.25) is 0 Å². The van der Waals surface area contributed by atoms with Crippen LogP contribution in [-0.2, 0) is 16.6 Å². The minimum Gasteiger partial charge on any atom is -0.320 e. The summed E-state index contributed by atoms with van der Waals surface area (Å²) in [6.07, 6.45) is 0.603. The maximum Gasteiger partial charge on any atom is 0.214 e. The third-order valence-corrected chi connectivity index (χ3v) is 4.91. The molecule has 1 aromatic carbocycles. The number of nitrogens with one attached hydrogen (secondary N) is 1. The average molecular weight is 291 g/mol. The fourth-order valence-corrected chi connectivity index (χ4v) is 2.90. The Kier molecular flexibility index (Phi) is 6.08. The van der Waals surface area contributed by atoms with Crippen molar-refractivity contribution >= 4 is 21.6 Å². The number of benzene rings is 1. The zero-order valence-corrected chi connectivity index (χ0v) is 12.3. The molecule has 102 valence electrons. The first kappa shape index (κ1) is 15.4. The first-order chi connectivity index (χ1) is 8.47. The van der Waals surface area contributed by atoms with Crippen LogP contribution < -0.4 is 5.32 Å². The third-order valence-electron chi connectivity index (χ3n) is 2.65. The highest BCUT2D eigenvalue weighted by Crippen LogP contribution is 2.17. The molecule has 1 rings (SSSR count). The lowest BCUT2D eigenvalue weighted by atomic mass is 10.2. The Hall–Kier alpha value is -0.620. The summed E-state index contributed by atoms with van der Waals surface area (Å²) >= 11 is 6.01. The molecule has 0 amide bonds. The van der Waals surface area contributed by atoms with Crippen molar-refractivity contribution in [1.82, 2.24) is 9.62 Å². The van der Waals surface area contributed by atoms with E-state index in [1.165, 1.54) is 4.31 Å². The predicted molar refractivity (Wildman–Crippen MR) is 75.2 cm³/mol. The summed E-state index contributed by atoms with van der Waals surface area (Å²) < 4.78 is 25.3. The van der Waals surface area contributed by atoms with Crippen LogP contribution in [0.15, 0.2) is 24.3 Å². The number of hydrogen-bond acceptors (Lipinski definition) is 3. The van der Waals surface area contributed by atoms with Gasteiger partial charge in [0.2, 0.25) is 10.0 Å². The van der Waals surface area contributed by atoms with E-state index < -0.39 is 10.0 Å². The number of sulfonamides is 1. The lowest BCUT2D eigenvalue weighted by Crippen LogP contribution is -2.30. The van der Waals surface area contributed by atoms with Gasteiger partial charge >= 0.3 is 0 Å².